The highest BCUT2D eigenvalue weighted by atomic mass is 32.3. The van der Waals surface area contributed by atoms with Crippen molar-refractivity contribution in [2.24, 2.45) is 0 Å². The van der Waals surface area contributed by atoms with Gasteiger partial charge in [-0.2, -0.15) is 10.6 Å². The lowest BCUT2D eigenvalue weighted by Gasteiger charge is -2.44. The first kappa shape index (κ1) is 20.5. The molecule has 3 rings (SSSR count). The van der Waals surface area contributed by atoms with Crippen LogP contribution in [0.2, 0.25) is 0 Å². The third-order valence-electron chi connectivity index (χ3n) is 4.60. The Labute approximate surface area is 162 Å². The van der Waals surface area contributed by atoms with Gasteiger partial charge in [-0.3, -0.25) is 9.11 Å². The van der Waals surface area contributed by atoms with Gasteiger partial charge in [0.2, 0.25) is 11.7 Å². The number of rotatable bonds is 6. The first-order valence-corrected chi connectivity index (χ1v) is 9.99. The molecule has 10 heteroatoms. The molecule has 0 saturated heterocycles. The first-order valence-electron chi connectivity index (χ1n) is 8.45. The number of nitrogens with zero attached hydrogens (tertiary/aromatic N) is 3. The zero-order chi connectivity index (χ0) is 20.7. The van der Waals surface area contributed by atoms with Gasteiger partial charge in [0.15, 0.2) is 0 Å². The Bertz CT molecular complexity index is 966. The van der Waals surface area contributed by atoms with Crippen LogP contribution in [-0.4, -0.2) is 36.2 Å². The molecule has 0 saturated carbocycles. The summed E-state index contributed by atoms with van der Waals surface area (Å²) >= 11 is 0. The van der Waals surface area contributed by atoms with Crippen LogP contribution in [0, 0.1) is 5.82 Å². The van der Waals surface area contributed by atoms with E-state index in [0.717, 1.165) is 12.1 Å². The monoisotopic (exact) mass is 411 g/mol. The standard InChI is InChI=1S/C18H22FN3O5S/c1-17(2,10-23)14-9-13(27-22-14)15-20-21-16(26-15)18(3,4)28(24,25)12-7-5-11(19)6-8-12/h5-9,23-25H,10H2,1-4H3. The molecule has 8 nitrogen and oxygen atoms in total. The quantitative estimate of drug-likeness (QED) is 0.551. The van der Waals surface area contributed by atoms with E-state index < -0.39 is 26.6 Å². The van der Waals surface area contributed by atoms with Gasteiger partial charge in [0.05, 0.1) is 17.2 Å². The maximum Gasteiger partial charge on any atom is 0.286 e. The third kappa shape index (κ3) is 3.44. The highest BCUT2D eigenvalue weighted by Crippen LogP contribution is 2.63. The smallest absolute Gasteiger partial charge is 0.286 e. The van der Waals surface area contributed by atoms with Crippen LogP contribution in [-0.2, 0) is 10.2 Å². The van der Waals surface area contributed by atoms with Crippen molar-refractivity contribution in [2.45, 2.75) is 42.8 Å². The molecule has 0 atom stereocenters. The summed E-state index contributed by atoms with van der Waals surface area (Å²) in [4.78, 5) is 0.158. The van der Waals surface area contributed by atoms with Crippen LogP contribution in [0.3, 0.4) is 0 Å². The van der Waals surface area contributed by atoms with E-state index in [1.54, 1.807) is 33.8 Å². The van der Waals surface area contributed by atoms with Crippen molar-refractivity contribution in [2.75, 3.05) is 6.61 Å². The highest BCUT2D eigenvalue weighted by Gasteiger charge is 2.42. The van der Waals surface area contributed by atoms with E-state index >= 15 is 0 Å². The second-order valence-corrected chi connectivity index (χ2v) is 10.1. The first-order chi connectivity index (χ1) is 13.0. The van der Waals surface area contributed by atoms with Crippen LogP contribution in [0.1, 0.15) is 39.3 Å². The molecule has 2 aromatic heterocycles. The van der Waals surface area contributed by atoms with Gasteiger partial charge < -0.3 is 14.0 Å². The lowest BCUT2D eigenvalue weighted by molar-refractivity contribution is 0.210. The van der Waals surface area contributed by atoms with Gasteiger partial charge in [-0.1, -0.05) is 19.0 Å². The zero-order valence-corrected chi connectivity index (χ0v) is 16.7. The summed E-state index contributed by atoms with van der Waals surface area (Å²) in [5, 5.41) is 21.2. The lowest BCUT2D eigenvalue weighted by atomic mass is 9.90. The van der Waals surface area contributed by atoms with Gasteiger partial charge >= 0.3 is 0 Å². The van der Waals surface area contributed by atoms with E-state index in [2.05, 4.69) is 15.4 Å². The summed E-state index contributed by atoms with van der Waals surface area (Å²) in [6.45, 7) is 6.57. The molecule has 2 heterocycles. The van der Waals surface area contributed by atoms with Gasteiger partial charge in [0.1, 0.15) is 10.6 Å². The average molecular weight is 411 g/mol. The normalized spacial score (nSPS) is 13.7. The Balaban J connectivity index is 1.93. The summed E-state index contributed by atoms with van der Waals surface area (Å²) < 4.78 is 44.3. The molecular weight excluding hydrogens is 389 g/mol. The molecule has 28 heavy (non-hydrogen) atoms. The molecule has 0 aliphatic heterocycles. The number of aromatic nitrogens is 3. The third-order valence-corrected chi connectivity index (χ3v) is 7.13. The van der Waals surface area contributed by atoms with Crippen molar-refractivity contribution in [3.05, 3.63) is 47.7 Å². The average Bonchev–Trinajstić information content (AvgIpc) is 3.31. The fourth-order valence-electron chi connectivity index (χ4n) is 2.38. The largest absolute Gasteiger partial charge is 0.416 e. The molecule has 0 amide bonds. The predicted octanol–water partition coefficient (Wildman–Crippen LogP) is 4.18. The molecule has 0 spiro atoms. The van der Waals surface area contributed by atoms with Gasteiger partial charge in [-0.15, -0.1) is 10.2 Å². The second kappa shape index (κ2) is 6.96. The van der Waals surface area contributed by atoms with Crippen molar-refractivity contribution in [3.63, 3.8) is 0 Å². The number of aliphatic hydroxyl groups is 1. The van der Waals surface area contributed by atoms with E-state index in [4.69, 9.17) is 8.94 Å². The zero-order valence-electron chi connectivity index (χ0n) is 15.9. The molecule has 0 unspecified atom stereocenters. The molecule has 0 bridgehead atoms. The molecule has 3 aromatic rings. The van der Waals surface area contributed by atoms with Gasteiger partial charge in [-0.25, -0.2) is 4.39 Å². The fraction of sp³-hybridized carbons (Fsp3) is 0.389. The van der Waals surface area contributed by atoms with Crippen LogP contribution < -0.4 is 0 Å². The Morgan fingerprint density at radius 1 is 1.07 bits per heavy atom. The summed E-state index contributed by atoms with van der Waals surface area (Å²) in [7, 11) is -3.44. The topological polar surface area (TPSA) is 126 Å². The minimum Gasteiger partial charge on any atom is -0.416 e. The van der Waals surface area contributed by atoms with E-state index in [0.29, 0.717) is 5.69 Å². The van der Waals surface area contributed by atoms with Gasteiger partial charge in [-0.05, 0) is 38.1 Å². The summed E-state index contributed by atoms with van der Waals surface area (Å²) in [5.41, 5.74) is -0.0956. The maximum absolute atomic E-state index is 13.2. The minimum atomic E-state index is -3.44. The Morgan fingerprint density at radius 2 is 1.71 bits per heavy atom. The van der Waals surface area contributed by atoms with Crippen LogP contribution >= 0.6 is 10.6 Å². The molecule has 3 N–H and O–H groups in total. The molecule has 0 aliphatic rings. The van der Waals surface area contributed by atoms with Gasteiger partial charge in [0, 0.05) is 11.5 Å². The summed E-state index contributed by atoms with van der Waals surface area (Å²) in [6, 6.07) is 6.50. The van der Waals surface area contributed by atoms with E-state index in [-0.39, 0.29) is 29.0 Å². The summed E-state index contributed by atoms with van der Waals surface area (Å²) in [5.74, 6) is -0.288. The number of halogens is 1. The van der Waals surface area contributed by atoms with E-state index in [1.807, 2.05) is 0 Å². The Kier molecular flexibility index (Phi) is 5.09. The van der Waals surface area contributed by atoms with Crippen LogP contribution in [0.25, 0.3) is 11.7 Å². The van der Waals surface area contributed by atoms with E-state index in [1.165, 1.54) is 12.1 Å². The molecule has 0 fully saturated rings. The van der Waals surface area contributed by atoms with Crippen molar-refractivity contribution >= 4 is 10.6 Å². The maximum atomic E-state index is 13.2. The highest BCUT2D eigenvalue weighted by molar-refractivity contribution is 8.25. The Hall–Kier alpha value is -2.27. The fourth-order valence-corrected chi connectivity index (χ4v) is 3.81. The number of aliphatic hydroxyl groups excluding tert-OH is 1. The second-order valence-electron chi connectivity index (χ2n) is 7.54. The summed E-state index contributed by atoms with van der Waals surface area (Å²) in [6.07, 6.45) is 0. The van der Waals surface area contributed by atoms with Crippen molar-refractivity contribution < 1.29 is 27.5 Å². The lowest BCUT2D eigenvalue weighted by Crippen LogP contribution is -2.26. The van der Waals surface area contributed by atoms with Crippen LogP contribution in [0.15, 0.2) is 44.2 Å². The van der Waals surface area contributed by atoms with Crippen molar-refractivity contribution in [1.82, 2.24) is 15.4 Å². The van der Waals surface area contributed by atoms with E-state index in [9.17, 15) is 18.6 Å². The molecule has 1 aromatic carbocycles. The van der Waals surface area contributed by atoms with Crippen molar-refractivity contribution in [3.8, 4) is 11.7 Å². The molecule has 152 valence electrons. The molecule has 0 aliphatic carbocycles. The van der Waals surface area contributed by atoms with Crippen LogP contribution in [0.5, 0.6) is 0 Å². The minimum absolute atomic E-state index is 0.0184. The number of hydrogen-bond donors (Lipinski definition) is 3. The molecule has 0 radical (unpaired) electrons. The van der Waals surface area contributed by atoms with Crippen LogP contribution in [0.4, 0.5) is 4.39 Å². The Morgan fingerprint density at radius 3 is 2.32 bits per heavy atom. The predicted molar refractivity (Wildman–Crippen MR) is 100 cm³/mol. The van der Waals surface area contributed by atoms with Crippen molar-refractivity contribution in [1.29, 1.82) is 0 Å². The molecular formula is C18H22FN3O5S. The van der Waals surface area contributed by atoms with Gasteiger partial charge in [0.25, 0.3) is 5.89 Å². The number of hydrogen-bond acceptors (Lipinski definition) is 8. The SMILES string of the molecule is CC(C)(CO)c1cc(-c2nnc(C(C)(C)S(O)(O)c3ccc(F)cc3)o2)on1. The number of benzene rings is 1.